The zero-order chi connectivity index (χ0) is 13.5. The molecule has 19 heavy (non-hydrogen) atoms. The quantitative estimate of drug-likeness (QED) is 0.765. The van der Waals surface area contributed by atoms with Crippen LogP contribution in [-0.4, -0.2) is 43.2 Å². The zero-order valence-electron chi connectivity index (χ0n) is 12.0. The summed E-state index contributed by atoms with van der Waals surface area (Å²) in [6.07, 6.45) is 10.2. The summed E-state index contributed by atoms with van der Waals surface area (Å²) in [6, 6.07) is 0.220. The van der Waals surface area contributed by atoms with E-state index in [2.05, 4.69) is 34.6 Å². The minimum absolute atomic E-state index is 0.00910. The van der Waals surface area contributed by atoms with Crippen LogP contribution in [0, 0.1) is 5.92 Å². The zero-order valence-corrected chi connectivity index (χ0v) is 12.0. The first-order valence-corrected chi connectivity index (χ1v) is 7.71. The molecule has 0 unspecified atom stereocenters. The number of hydrogen-bond donors (Lipinski definition) is 2. The van der Waals surface area contributed by atoms with Gasteiger partial charge in [0.05, 0.1) is 0 Å². The lowest BCUT2D eigenvalue weighted by Crippen LogP contribution is -2.46. The first-order valence-electron chi connectivity index (χ1n) is 7.71. The van der Waals surface area contributed by atoms with Crippen LogP contribution in [0.4, 0.5) is 4.79 Å². The molecular weight excluding hydrogens is 238 g/mol. The molecule has 1 saturated heterocycles. The third kappa shape index (κ3) is 4.86. The highest BCUT2D eigenvalue weighted by Gasteiger charge is 2.19. The van der Waals surface area contributed by atoms with Gasteiger partial charge in [-0.25, -0.2) is 4.79 Å². The molecule has 0 aromatic rings. The molecule has 1 heterocycles. The topological polar surface area (TPSA) is 44.4 Å². The van der Waals surface area contributed by atoms with Crippen molar-refractivity contribution in [2.75, 3.05) is 26.2 Å². The number of nitrogens with one attached hydrogen (secondary N) is 2. The van der Waals surface area contributed by atoms with E-state index in [0.717, 1.165) is 32.5 Å². The monoisotopic (exact) mass is 265 g/mol. The van der Waals surface area contributed by atoms with E-state index in [1.807, 2.05) is 0 Å². The van der Waals surface area contributed by atoms with Crippen LogP contribution in [0.3, 0.4) is 0 Å². The van der Waals surface area contributed by atoms with E-state index >= 15 is 0 Å². The molecule has 0 radical (unpaired) electrons. The Kier molecular flexibility index (Phi) is 5.70. The van der Waals surface area contributed by atoms with Gasteiger partial charge in [-0.3, -0.25) is 0 Å². The largest absolute Gasteiger partial charge is 0.338 e. The Bertz CT molecular complexity index is 317. The highest BCUT2D eigenvalue weighted by atomic mass is 16.2. The summed E-state index contributed by atoms with van der Waals surface area (Å²) in [7, 11) is 0. The predicted molar refractivity (Wildman–Crippen MR) is 78.2 cm³/mol. The molecular formula is C15H27N3O. The van der Waals surface area contributed by atoms with Crippen LogP contribution in [0.25, 0.3) is 0 Å². The van der Waals surface area contributed by atoms with E-state index in [1.54, 1.807) is 0 Å². The molecule has 1 fully saturated rings. The van der Waals surface area contributed by atoms with Crippen LogP contribution in [0.1, 0.15) is 39.0 Å². The normalized spacial score (nSPS) is 28.1. The molecule has 0 saturated carbocycles. The third-order valence-corrected chi connectivity index (χ3v) is 4.17. The summed E-state index contributed by atoms with van der Waals surface area (Å²) in [5.74, 6) is 0.612. The third-order valence-electron chi connectivity index (χ3n) is 4.17. The molecule has 2 amide bonds. The molecule has 2 atom stereocenters. The van der Waals surface area contributed by atoms with Gasteiger partial charge in [0.1, 0.15) is 0 Å². The Labute approximate surface area is 116 Å². The molecule has 108 valence electrons. The fourth-order valence-corrected chi connectivity index (χ4v) is 2.99. The first kappa shape index (κ1) is 14.4. The number of allylic oxidation sites excluding steroid dienone is 1. The average Bonchev–Trinajstić information content (AvgIpc) is 2.46. The van der Waals surface area contributed by atoms with Crippen molar-refractivity contribution in [1.29, 1.82) is 0 Å². The minimum atomic E-state index is -0.00910. The molecule has 2 aliphatic rings. The molecule has 1 aliphatic heterocycles. The Morgan fingerprint density at radius 2 is 2.26 bits per heavy atom. The van der Waals surface area contributed by atoms with Crippen molar-refractivity contribution >= 4 is 6.03 Å². The van der Waals surface area contributed by atoms with Gasteiger partial charge in [-0.2, -0.15) is 0 Å². The Hall–Kier alpha value is -1.03. The van der Waals surface area contributed by atoms with Crippen LogP contribution in [0.15, 0.2) is 12.2 Å². The highest BCUT2D eigenvalue weighted by Crippen LogP contribution is 2.15. The van der Waals surface area contributed by atoms with Crippen molar-refractivity contribution in [2.24, 2.45) is 5.92 Å². The summed E-state index contributed by atoms with van der Waals surface area (Å²) in [5, 5.41) is 6.07. The van der Waals surface area contributed by atoms with Gasteiger partial charge in [0.2, 0.25) is 0 Å². The smallest absolute Gasteiger partial charge is 0.315 e. The Balaban J connectivity index is 1.65. The predicted octanol–water partition coefficient (Wildman–Crippen LogP) is 2.13. The molecule has 4 nitrogen and oxygen atoms in total. The molecule has 2 N–H and O–H groups in total. The number of urea groups is 1. The van der Waals surface area contributed by atoms with Gasteiger partial charge in [-0.05, 0) is 51.1 Å². The van der Waals surface area contributed by atoms with Gasteiger partial charge in [0, 0.05) is 19.1 Å². The number of hydrogen-bond acceptors (Lipinski definition) is 2. The minimum Gasteiger partial charge on any atom is -0.338 e. The molecule has 2 rings (SSSR count). The number of piperidine rings is 1. The van der Waals surface area contributed by atoms with Gasteiger partial charge < -0.3 is 15.5 Å². The molecule has 0 aromatic carbocycles. The number of carbonyl (C=O) groups is 1. The van der Waals surface area contributed by atoms with E-state index in [-0.39, 0.29) is 12.1 Å². The van der Waals surface area contributed by atoms with Crippen LogP contribution >= 0.6 is 0 Å². The maximum absolute atomic E-state index is 11.8. The fourth-order valence-electron chi connectivity index (χ4n) is 2.99. The van der Waals surface area contributed by atoms with Crippen LogP contribution < -0.4 is 10.6 Å². The number of amides is 2. The lowest BCUT2D eigenvalue weighted by Gasteiger charge is -2.32. The van der Waals surface area contributed by atoms with Gasteiger partial charge in [-0.15, -0.1) is 0 Å². The van der Waals surface area contributed by atoms with E-state index in [0.29, 0.717) is 5.92 Å². The van der Waals surface area contributed by atoms with E-state index < -0.39 is 0 Å². The van der Waals surface area contributed by atoms with Gasteiger partial charge in [-0.1, -0.05) is 19.1 Å². The van der Waals surface area contributed by atoms with E-state index in [4.69, 9.17) is 0 Å². The Morgan fingerprint density at radius 1 is 1.37 bits per heavy atom. The fraction of sp³-hybridized carbons (Fsp3) is 0.800. The van der Waals surface area contributed by atoms with Crippen molar-refractivity contribution < 1.29 is 4.79 Å². The SMILES string of the molecule is CCN1CCC[C@H](CNC(=O)N[C@@H]2C=CCCC2)C1. The summed E-state index contributed by atoms with van der Waals surface area (Å²) >= 11 is 0. The second-order valence-corrected chi connectivity index (χ2v) is 5.72. The van der Waals surface area contributed by atoms with Gasteiger partial charge >= 0.3 is 6.03 Å². The van der Waals surface area contributed by atoms with E-state index in [9.17, 15) is 4.79 Å². The van der Waals surface area contributed by atoms with Crippen LogP contribution in [-0.2, 0) is 0 Å². The first-order chi connectivity index (χ1) is 9.28. The van der Waals surface area contributed by atoms with Gasteiger partial charge in [0.25, 0.3) is 0 Å². The van der Waals surface area contributed by atoms with Crippen molar-refractivity contribution in [3.05, 3.63) is 12.2 Å². The maximum Gasteiger partial charge on any atom is 0.315 e. The van der Waals surface area contributed by atoms with Crippen LogP contribution in [0.2, 0.25) is 0 Å². The average molecular weight is 265 g/mol. The highest BCUT2D eigenvalue weighted by molar-refractivity contribution is 5.74. The summed E-state index contributed by atoms with van der Waals surface area (Å²) in [4.78, 5) is 14.3. The number of carbonyl (C=O) groups excluding carboxylic acids is 1. The number of likely N-dealkylation sites (tertiary alicyclic amines) is 1. The maximum atomic E-state index is 11.8. The molecule has 0 spiro atoms. The van der Waals surface area contributed by atoms with Crippen molar-refractivity contribution in [3.8, 4) is 0 Å². The van der Waals surface area contributed by atoms with Crippen LogP contribution in [0.5, 0.6) is 0 Å². The molecule has 4 heteroatoms. The van der Waals surface area contributed by atoms with Crippen molar-refractivity contribution in [1.82, 2.24) is 15.5 Å². The Morgan fingerprint density at radius 3 is 3.00 bits per heavy atom. The number of nitrogens with zero attached hydrogens (tertiary/aromatic N) is 1. The summed E-state index contributed by atoms with van der Waals surface area (Å²) in [5.41, 5.74) is 0. The summed E-state index contributed by atoms with van der Waals surface area (Å²) in [6.45, 7) is 6.47. The molecule has 1 aliphatic carbocycles. The van der Waals surface area contributed by atoms with Crippen molar-refractivity contribution in [3.63, 3.8) is 0 Å². The molecule has 0 bridgehead atoms. The summed E-state index contributed by atoms with van der Waals surface area (Å²) < 4.78 is 0. The van der Waals surface area contributed by atoms with E-state index in [1.165, 1.54) is 25.8 Å². The number of rotatable bonds is 4. The standard InChI is InChI=1S/C15H27N3O/c1-2-18-10-6-7-13(12-18)11-16-15(19)17-14-8-4-3-5-9-14/h4,8,13-14H,2-3,5-7,9-12H2,1H3,(H2,16,17,19)/t13-,14-/m1/s1. The van der Waals surface area contributed by atoms with Gasteiger partial charge in [0.15, 0.2) is 0 Å². The lowest BCUT2D eigenvalue weighted by molar-refractivity contribution is 0.179. The molecule has 0 aromatic heterocycles. The lowest BCUT2D eigenvalue weighted by atomic mass is 9.98. The second kappa shape index (κ2) is 7.53. The second-order valence-electron chi connectivity index (χ2n) is 5.72. The van der Waals surface area contributed by atoms with Crippen molar-refractivity contribution in [2.45, 2.75) is 45.1 Å².